The van der Waals surface area contributed by atoms with Crippen molar-refractivity contribution in [2.75, 3.05) is 5.75 Å². The van der Waals surface area contributed by atoms with Crippen LogP contribution < -0.4 is 5.32 Å². The molecule has 18 heteroatoms. The molecular weight excluding hydrogens is 745 g/mol. The van der Waals surface area contributed by atoms with Crippen molar-refractivity contribution in [1.82, 2.24) is 30.3 Å². The summed E-state index contributed by atoms with van der Waals surface area (Å²) in [5.74, 6) is -11.3. The highest BCUT2D eigenvalue weighted by atomic mass is 32.2. The van der Waals surface area contributed by atoms with Crippen molar-refractivity contribution in [2.24, 2.45) is 5.92 Å². The van der Waals surface area contributed by atoms with Gasteiger partial charge in [-0.1, -0.05) is 6.07 Å². The van der Waals surface area contributed by atoms with E-state index in [1.165, 1.54) is 25.3 Å². The normalized spacial score (nSPS) is 19.8. The number of aromatic nitrogens is 5. The van der Waals surface area contributed by atoms with E-state index in [0.29, 0.717) is 29.1 Å². The Morgan fingerprint density at radius 3 is 2.44 bits per heavy atom. The number of ketones is 1. The molecule has 0 aliphatic heterocycles. The van der Waals surface area contributed by atoms with Crippen LogP contribution in [-0.2, 0) is 33.5 Å². The number of H-pyrrole nitrogens is 1. The Kier molecular flexibility index (Phi) is 8.28. The molecule has 282 valence electrons. The number of amides is 1. The molecule has 3 heterocycles. The lowest BCUT2D eigenvalue weighted by atomic mass is 9.93. The van der Waals surface area contributed by atoms with Gasteiger partial charge in [-0.2, -0.15) is 19.0 Å². The highest BCUT2D eigenvalue weighted by Crippen LogP contribution is 2.68. The molecule has 3 aromatic heterocycles. The molecule has 3 atom stereocenters. The molecule has 0 bridgehead atoms. The average Bonchev–Trinajstić information content (AvgIpc) is 3.94. The van der Waals surface area contributed by atoms with Crippen molar-refractivity contribution in [3.63, 3.8) is 0 Å². The van der Waals surface area contributed by atoms with Crippen molar-refractivity contribution >= 4 is 32.6 Å². The third kappa shape index (κ3) is 6.13. The molecule has 2 aromatic carbocycles. The van der Waals surface area contributed by atoms with Gasteiger partial charge in [-0.25, -0.2) is 35.4 Å². The van der Waals surface area contributed by atoms with E-state index in [-0.39, 0.29) is 46.3 Å². The molecule has 1 amide bonds. The number of pyridine rings is 1. The number of aromatic amines is 1. The predicted molar refractivity (Wildman–Crippen MR) is 178 cm³/mol. The quantitative estimate of drug-likeness (QED) is 0.107. The van der Waals surface area contributed by atoms with Crippen LogP contribution in [0.2, 0.25) is 0 Å². The fourth-order valence-electron chi connectivity index (χ4n) is 7.34. The van der Waals surface area contributed by atoms with Gasteiger partial charge in [-0.3, -0.25) is 19.4 Å². The lowest BCUT2D eigenvalue weighted by Crippen LogP contribution is -2.35. The minimum atomic E-state index is -3.91. The van der Waals surface area contributed by atoms with Gasteiger partial charge in [0.05, 0.1) is 33.8 Å². The molecule has 3 aliphatic carbocycles. The summed E-state index contributed by atoms with van der Waals surface area (Å²) in [5.41, 5.74) is -1.53. The Labute approximate surface area is 302 Å². The first-order valence-electron chi connectivity index (χ1n) is 16.9. The molecule has 0 radical (unpaired) electrons. The maximum absolute atomic E-state index is 15.3. The topological polar surface area (TPSA) is 140 Å². The summed E-state index contributed by atoms with van der Waals surface area (Å²) in [7, 11) is -3.91. The average molecular weight is 775 g/mol. The van der Waals surface area contributed by atoms with Crippen LogP contribution in [0.1, 0.15) is 83.1 Å². The number of carbonyl (C=O) groups is 2. The third-order valence-corrected chi connectivity index (χ3v) is 13.1. The molecule has 2 fully saturated rings. The summed E-state index contributed by atoms with van der Waals surface area (Å²) in [6.07, 6.45) is -1.45. The number of nitrogens with one attached hydrogen (secondary N) is 2. The van der Waals surface area contributed by atoms with Gasteiger partial charge < -0.3 is 5.32 Å². The van der Waals surface area contributed by atoms with Gasteiger partial charge in [0.2, 0.25) is 5.91 Å². The largest absolute Gasteiger partial charge is 0.346 e. The van der Waals surface area contributed by atoms with Crippen LogP contribution in [0.4, 0.5) is 30.7 Å². The molecule has 0 spiro atoms. The SMILES string of the molecule is CC1(S(=O)(=O)CC(=O)c2cc(-c3cc4[nH]ncc4nc3C(Cc3cc(F)cc(F)c3)NC(=O)Cn3nc(C(F)F)c4c3C(F)(F)C3C[C@H]43)ccc2F)CC1. The third-order valence-electron chi connectivity index (χ3n) is 10.5. The van der Waals surface area contributed by atoms with E-state index in [1.807, 2.05) is 0 Å². The van der Waals surface area contributed by atoms with Crippen LogP contribution in [0, 0.1) is 23.4 Å². The summed E-state index contributed by atoms with van der Waals surface area (Å²) in [5, 5.41) is 13.0. The van der Waals surface area contributed by atoms with Gasteiger partial charge in [-0.15, -0.1) is 0 Å². The first-order valence-corrected chi connectivity index (χ1v) is 18.5. The number of fused-ring (bicyclic) bond motifs is 4. The van der Waals surface area contributed by atoms with Gasteiger partial charge in [0.1, 0.15) is 46.7 Å². The van der Waals surface area contributed by atoms with Crippen LogP contribution in [0.5, 0.6) is 0 Å². The minimum absolute atomic E-state index is 0.00409. The van der Waals surface area contributed by atoms with Gasteiger partial charge in [-0.05, 0) is 80.0 Å². The second-order valence-corrected chi connectivity index (χ2v) is 16.8. The molecule has 3 aliphatic rings. The summed E-state index contributed by atoms with van der Waals surface area (Å²) >= 11 is 0. The molecule has 2 unspecified atom stereocenters. The Morgan fingerprint density at radius 1 is 1.04 bits per heavy atom. The molecule has 2 N–H and O–H groups in total. The van der Waals surface area contributed by atoms with Crippen molar-refractivity contribution in [1.29, 1.82) is 0 Å². The molecular formula is C36H29F7N6O4S. The summed E-state index contributed by atoms with van der Waals surface area (Å²) in [4.78, 5) is 31.6. The first kappa shape index (κ1) is 35.9. The molecule has 8 rings (SSSR count). The van der Waals surface area contributed by atoms with Gasteiger partial charge in [0.15, 0.2) is 15.6 Å². The predicted octanol–water partition coefficient (Wildman–Crippen LogP) is 6.64. The maximum Gasteiger partial charge on any atom is 0.293 e. The van der Waals surface area contributed by atoms with E-state index in [0.717, 1.165) is 24.3 Å². The number of halogens is 7. The van der Waals surface area contributed by atoms with Crippen LogP contribution in [0.3, 0.4) is 0 Å². The van der Waals surface area contributed by atoms with E-state index < -0.39 is 103 Å². The summed E-state index contributed by atoms with van der Waals surface area (Å²) < 4.78 is 128. The van der Waals surface area contributed by atoms with E-state index in [9.17, 15) is 35.6 Å². The zero-order chi connectivity index (χ0) is 38.5. The number of sulfone groups is 1. The van der Waals surface area contributed by atoms with Gasteiger partial charge >= 0.3 is 0 Å². The van der Waals surface area contributed by atoms with Crippen LogP contribution in [-0.4, -0.2) is 55.6 Å². The number of carbonyl (C=O) groups excluding carboxylic acids is 2. The number of Topliss-reactive ketones (excluding diaryl/α,β-unsaturated/α-hetero) is 1. The standard InChI is InChI=1S/C36H29F7N6O4S/c1-35(4-5-35)54(52,53)15-28(50)22-9-17(2-3-24(22)39)20-12-25-27(13-44-47-25)46-31(20)26(8-16-6-18(37)10-19(38)7-16)45-29(51)14-49-33-30(32(48-49)34(40)41)21-11-23(21)36(33,42)43/h2-3,6-7,9-10,12-13,21,23,26,34H,4-5,8,11,14-15H2,1H3,(H,44,47)(H,45,51)/t21-,23?,26?/m0/s1. The highest BCUT2D eigenvalue weighted by molar-refractivity contribution is 7.93. The zero-order valence-electron chi connectivity index (χ0n) is 28.1. The lowest BCUT2D eigenvalue weighted by molar-refractivity contribution is -0.123. The minimum Gasteiger partial charge on any atom is -0.346 e. The van der Waals surface area contributed by atoms with Crippen LogP contribution in [0.15, 0.2) is 48.7 Å². The number of hydrogen-bond donors (Lipinski definition) is 2. The maximum atomic E-state index is 15.3. The molecule has 5 aromatic rings. The monoisotopic (exact) mass is 774 g/mol. The Bertz CT molecular complexity index is 2480. The molecule has 54 heavy (non-hydrogen) atoms. The van der Waals surface area contributed by atoms with E-state index >= 15 is 13.2 Å². The fraction of sp³-hybridized carbons (Fsp3) is 0.361. The number of hydrogen-bond acceptors (Lipinski definition) is 7. The summed E-state index contributed by atoms with van der Waals surface area (Å²) in [6.45, 7) is 0.578. The second-order valence-electron chi connectivity index (χ2n) is 14.3. The number of benzene rings is 2. The smallest absolute Gasteiger partial charge is 0.293 e. The van der Waals surface area contributed by atoms with E-state index in [4.69, 9.17) is 0 Å². The van der Waals surface area contributed by atoms with E-state index in [2.05, 4.69) is 25.6 Å². The lowest BCUT2D eigenvalue weighted by Gasteiger charge is -2.23. The van der Waals surface area contributed by atoms with Crippen molar-refractivity contribution in [3.05, 3.63) is 99.9 Å². The van der Waals surface area contributed by atoms with E-state index in [1.54, 1.807) is 0 Å². The molecule has 10 nitrogen and oxygen atoms in total. The highest BCUT2D eigenvalue weighted by Gasteiger charge is 2.67. The molecule has 0 saturated heterocycles. The van der Waals surface area contributed by atoms with Crippen molar-refractivity contribution in [2.45, 2.75) is 68.2 Å². The Balaban J connectivity index is 1.19. The Hall–Kier alpha value is -5.13. The van der Waals surface area contributed by atoms with Crippen molar-refractivity contribution < 1.29 is 48.7 Å². The number of rotatable bonds is 12. The van der Waals surface area contributed by atoms with Gasteiger partial charge in [0, 0.05) is 23.1 Å². The second kappa shape index (κ2) is 12.5. The number of nitrogens with zero attached hydrogens (tertiary/aromatic N) is 4. The zero-order valence-corrected chi connectivity index (χ0v) is 29.0. The van der Waals surface area contributed by atoms with Gasteiger partial charge in [0.25, 0.3) is 12.3 Å². The van der Waals surface area contributed by atoms with Crippen molar-refractivity contribution in [3.8, 4) is 11.1 Å². The summed E-state index contributed by atoms with van der Waals surface area (Å²) in [6, 6.07) is 6.15. The molecule has 2 saturated carbocycles. The Morgan fingerprint density at radius 2 is 1.76 bits per heavy atom. The fourth-order valence-corrected chi connectivity index (χ4v) is 8.92. The first-order chi connectivity index (χ1) is 25.5. The van der Waals surface area contributed by atoms with Crippen LogP contribution in [0.25, 0.3) is 22.2 Å². The number of alkyl halides is 4. The van der Waals surface area contributed by atoms with Crippen LogP contribution >= 0.6 is 0 Å².